The largest absolute Gasteiger partial charge is 0.491 e. The molecular formula is C19H18FN3O4S. The van der Waals surface area contributed by atoms with Gasteiger partial charge in [0, 0.05) is 6.20 Å². The van der Waals surface area contributed by atoms with Crippen molar-refractivity contribution in [2.45, 2.75) is 24.3 Å². The number of aromatic nitrogens is 1. The molecule has 28 heavy (non-hydrogen) atoms. The Morgan fingerprint density at radius 1 is 1.25 bits per heavy atom. The number of fused-ring (bicyclic) bond motifs is 1. The van der Waals surface area contributed by atoms with Crippen LogP contribution in [0.15, 0.2) is 47.5 Å². The van der Waals surface area contributed by atoms with E-state index >= 15 is 0 Å². The fourth-order valence-electron chi connectivity index (χ4n) is 2.56. The van der Waals surface area contributed by atoms with E-state index in [2.05, 4.69) is 9.71 Å². The number of hydrogen-bond donors (Lipinski definition) is 3. The highest BCUT2D eigenvalue weighted by Crippen LogP contribution is 2.29. The van der Waals surface area contributed by atoms with Crippen LogP contribution in [0.2, 0.25) is 0 Å². The van der Waals surface area contributed by atoms with Crippen molar-refractivity contribution in [3.05, 3.63) is 54.0 Å². The van der Waals surface area contributed by atoms with E-state index in [1.807, 2.05) is 6.07 Å². The van der Waals surface area contributed by atoms with Gasteiger partial charge in [-0.1, -0.05) is 0 Å². The standard InChI is InChI=1S/C19H18FN3O4S/c1-19(2,24)11-27-13-3-5-14(6-4-13)28(25,26)23-16-8-7-15(20)17-12(9-21)10-22-18(16)17/h3-8,10,22-24H,11H2,1-2H3. The molecule has 0 bridgehead atoms. The van der Waals surface area contributed by atoms with Crippen LogP contribution in [-0.4, -0.2) is 30.7 Å². The monoisotopic (exact) mass is 403 g/mol. The number of benzene rings is 2. The molecule has 0 saturated carbocycles. The van der Waals surface area contributed by atoms with Crippen LogP contribution in [0.1, 0.15) is 19.4 Å². The van der Waals surface area contributed by atoms with Gasteiger partial charge in [-0.15, -0.1) is 0 Å². The van der Waals surface area contributed by atoms with Crippen molar-refractivity contribution in [1.29, 1.82) is 5.26 Å². The molecule has 0 aliphatic carbocycles. The van der Waals surface area contributed by atoms with Crippen molar-refractivity contribution in [2.24, 2.45) is 0 Å². The number of anilines is 1. The second kappa shape index (κ2) is 7.14. The summed E-state index contributed by atoms with van der Waals surface area (Å²) in [6, 6.07) is 9.92. The first-order valence-corrected chi connectivity index (χ1v) is 9.77. The number of aromatic amines is 1. The molecular weight excluding hydrogens is 385 g/mol. The van der Waals surface area contributed by atoms with E-state index in [4.69, 9.17) is 10.00 Å². The molecule has 146 valence electrons. The lowest BCUT2D eigenvalue weighted by atomic mass is 10.1. The fraction of sp³-hybridized carbons (Fsp3) is 0.211. The SMILES string of the molecule is CC(C)(O)COc1ccc(S(=O)(=O)Nc2ccc(F)c3c(C#N)c[nH]c23)cc1. The van der Waals surface area contributed by atoms with Crippen molar-refractivity contribution in [1.82, 2.24) is 4.98 Å². The first-order chi connectivity index (χ1) is 13.1. The highest BCUT2D eigenvalue weighted by atomic mass is 32.2. The molecule has 0 aliphatic rings. The molecule has 3 rings (SSSR count). The van der Waals surface area contributed by atoms with Crippen LogP contribution in [0, 0.1) is 17.1 Å². The van der Waals surface area contributed by atoms with Gasteiger partial charge in [0.1, 0.15) is 24.2 Å². The van der Waals surface area contributed by atoms with E-state index in [0.29, 0.717) is 5.75 Å². The van der Waals surface area contributed by atoms with Crippen molar-refractivity contribution >= 4 is 26.6 Å². The Bertz CT molecular complexity index is 1160. The summed E-state index contributed by atoms with van der Waals surface area (Å²) in [5.41, 5.74) is -0.620. The van der Waals surface area contributed by atoms with Crippen molar-refractivity contribution < 1.29 is 22.7 Å². The Morgan fingerprint density at radius 2 is 1.93 bits per heavy atom. The van der Waals surface area contributed by atoms with Crippen LogP contribution in [0.4, 0.5) is 10.1 Å². The maximum atomic E-state index is 14.0. The maximum Gasteiger partial charge on any atom is 0.261 e. The summed E-state index contributed by atoms with van der Waals surface area (Å²) < 4.78 is 47.2. The van der Waals surface area contributed by atoms with E-state index in [1.165, 1.54) is 36.5 Å². The summed E-state index contributed by atoms with van der Waals surface area (Å²) in [6.07, 6.45) is 1.32. The number of H-pyrrole nitrogens is 1. The zero-order valence-electron chi connectivity index (χ0n) is 15.2. The average Bonchev–Trinajstić information content (AvgIpc) is 3.07. The predicted octanol–water partition coefficient (Wildman–Crippen LogP) is 3.13. The zero-order valence-corrected chi connectivity index (χ0v) is 16.0. The quantitative estimate of drug-likeness (QED) is 0.585. The van der Waals surface area contributed by atoms with E-state index in [-0.39, 0.29) is 33.7 Å². The third-order valence-corrected chi connectivity index (χ3v) is 5.26. The summed E-state index contributed by atoms with van der Waals surface area (Å²) in [5, 5.41) is 18.8. The Balaban J connectivity index is 1.87. The van der Waals surface area contributed by atoms with Crippen LogP contribution in [-0.2, 0) is 10.0 Å². The molecule has 0 unspecified atom stereocenters. The van der Waals surface area contributed by atoms with Crippen molar-refractivity contribution in [3.8, 4) is 11.8 Å². The minimum Gasteiger partial charge on any atom is -0.491 e. The third kappa shape index (κ3) is 4.08. The Labute approximate surface area is 161 Å². The van der Waals surface area contributed by atoms with Crippen LogP contribution in [0.3, 0.4) is 0 Å². The molecule has 0 aliphatic heterocycles. The van der Waals surface area contributed by atoms with Gasteiger partial charge < -0.3 is 14.8 Å². The summed E-state index contributed by atoms with van der Waals surface area (Å²) in [5.74, 6) is -0.211. The summed E-state index contributed by atoms with van der Waals surface area (Å²) in [6.45, 7) is 3.24. The number of nitriles is 1. The van der Waals surface area contributed by atoms with Crippen LogP contribution < -0.4 is 9.46 Å². The van der Waals surface area contributed by atoms with Crippen LogP contribution >= 0.6 is 0 Å². The Kier molecular flexibility index (Phi) is 5.02. The van der Waals surface area contributed by atoms with Crippen LogP contribution in [0.25, 0.3) is 10.9 Å². The van der Waals surface area contributed by atoms with E-state index in [9.17, 15) is 17.9 Å². The summed E-state index contributed by atoms with van der Waals surface area (Å²) >= 11 is 0. The normalized spacial score (nSPS) is 12.0. The molecule has 3 aromatic rings. The van der Waals surface area contributed by atoms with Gasteiger partial charge in [-0.25, -0.2) is 12.8 Å². The predicted molar refractivity (Wildman–Crippen MR) is 102 cm³/mol. The molecule has 0 radical (unpaired) electrons. The number of sulfonamides is 1. The Morgan fingerprint density at radius 3 is 2.54 bits per heavy atom. The molecule has 3 N–H and O–H groups in total. The Hall–Kier alpha value is -3.09. The van der Waals surface area contributed by atoms with Gasteiger partial charge in [0.2, 0.25) is 0 Å². The van der Waals surface area contributed by atoms with Gasteiger partial charge in [-0.3, -0.25) is 4.72 Å². The van der Waals surface area contributed by atoms with Crippen LogP contribution in [0.5, 0.6) is 5.75 Å². The van der Waals surface area contributed by atoms with Gasteiger partial charge in [0.15, 0.2) is 0 Å². The summed E-state index contributed by atoms with van der Waals surface area (Å²) in [7, 11) is -3.96. The zero-order chi connectivity index (χ0) is 20.5. The highest BCUT2D eigenvalue weighted by Gasteiger charge is 2.19. The smallest absolute Gasteiger partial charge is 0.261 e. The van der Waals surface area contributed by atoms with Gasteiger partial charge in [0.05, 0.1) is 32.7 Å². The maximum absolute atomic E-state index is 14.0. The average molecular weight is 403 g/mol. The summed E-state index contributed by atoms with van der Waals surface area (Å²) in [4.78, 5) is 2.71. The number of ether oxygens (including phenoxy) is 1. The second-order valence-corrected chi connectivity index (χ2v) is 8.52. The third-order valence-electron chi connectivity index (χ3n) is 3.88. The topological polar surface area (TPSA) is 115 Å². The highest BCUT2D eigenvalue weighted by molar-refractivity contribution is 7.92. The van der Waals surface area contributed by atoms with Crippen molar-refractivity contribution in [3.63, 3.8) is 0 Å². The molecule has 7 nitrogen and oxygen atoms in total. The number of rotatable bonds is 6. The molecule has 0 fully saturated rings. The van der Waals surface area contributed by atoms with E-state index in [0.717, 1.165) is 6.07 Å². The van der Waals surface area contributed by atoms with Gasteiger partial charge in [-0.05, 0) is 50.2 Å². The lowest BCUT2D eigenvalue weighted by Gasteiger charge is -2.18. The second-order valence-electron chi connectivity index (χ2n) is 6.84. The van der Waals surface area contributed by atoms with Gasteiger partial charge in [0.25, 0.3) is 10.0 Å². The molecule has 9 heteroatoms. The number of nitrogens with one attached hydrogen (secondary N) is 2. The number of nitrogens with zero attached hydrogens (tertiary/aromatic N) is 1. The molecule has 2 aromatic carbocycles. The molecule has 1 heterocycles. The molecule has 1 aromatic heterocycles. The molecule has 0 amide bonds. The van der Waals surface area contributed by atoms with E-state index in [1.54, 1.807) is 13.8 Å². The lowest BCUT2D eigenvalue weighted by Crippen LogP contribution is -2.27. The first-order valence-electron chi connectivity index (χ1n) is 8.28. The first kappa shape index (κ1) is 19.7. The fourth-order valence-corrected chi connectivity index (χ4v) is 3.63. The molecule has 0 saturated heterocycles. The van der Waals surface area contributed by atoms with Crippen molar-refractivity contribution in [2.75, 3.05) is 11.3 Å². The molecule has 0 atom stereocenters. The lowest BCUT2D eigenvalue weighted by molar-refractivity contribution is 0.0284. The minimum atomic E-state index is -3.96. The van der Waals surface area contributed by atoms with Gasteiger partial charge in [-0.2, -0.15) is 5.26 Å². The number of halogens is 1. The van der Waals surface area contributed by atoms with Gasteiger partial charge >= 0.3 is 0 Å². The number of aliphatic hydroxyl groups is 1. The number of hydrogen-bond acceptors (Lipinski definition) is 5. The minimum absolute atomic E-state index is 0.0207. The molecule has 0 spiro atoms. The van der Waals surface area contributed by atoms with E-state index < -0.39 is 21.4 Å².